The van der Waals surface area contributed by atoms with Gasteiger partial charge in [0.1, 0.15) is 0 Å². The van der Waals surface area contributed by atoms with Gasteiger partial charge < -0.3 is 14.7 Å². The van der Waals surface area contributed by atoms with Crippen molar-refractivity contribution in [2.45, 2.75) is 18.4 Å². The average molecular weight is 289 g/mol. The van der Waals surface area contributed by atoms with Crippen molar-refractivity contribution in [1.29, 1.82) is 0 Å². The zero-order valence-corrected chi connectivity index (χ0v) is 12.0. The fraction of sp³-hybridized carbons (Fsp3) is 0.467. The monoisotopic (exact) mass is 289 g/mol. The lowest BCUT2D eigenvalue weighted by Crippen LogP contribution is -2.48. The third-order valence-corrected chi connectivity index (χ3v) is 4.05. The van der Waals surface area contributed by atoms with E-state index in [0.717, 1.165) is 5.52 Å². The van der Waals surface area contributed by atoms with Crippen molar-refractivity contribution in [3.05, 3.63) is 36.2 Å². The van der Waals surface area contributed by atoms with Gasteiger partial charge in [0.25, 0.3) is 5.91 Å². The summed E-state index contributed by atoms with van der Waals surface area (Å²) in [6.45, 7) is 1.37. The number of ether oxygens (including phenoxy) is 1. The minimum Gasteiger partial charge on any atom is -0.387 e. The SMILES string of the molecule is COCC1(O)CCN(C(=O)c2cnn3ccccc23)CC1. The molecular weight excluding hydrogens is 270 g/mol. The van der Waals surface area contributed by atoms with E-state index in [1.165, 1.54) is 0 Å². The summed E-state index contributed by atoms with van der Waals surface area (Å²) in [6, 6.07) is 5.65. The van der Waals surface area contributed by atoms with Crippen molar-refractivity contribution in [2.24, 2.45) is 0 Å². The van der Waals surface area contributed by atoms with Crippen LogP contribution >= 0.6 is 0 Å². The zero-order chi connectivity index (χ0) is 14.9. The lowest BCUT2D eigenvalue weighted by molar-refractivity contribution is -0.0662. The van der Waals surface area contributed by atoms with E-state index in [1.54, 1.807) is 22.7 Å². The Balaban J connectivity index is 1.75. The molecular formula is C15H19N3O3. The third kappa shape index (κ3) is 2.64. The first-order chi connectivity index (χ1) is 10.1. The molecule has 1 N–H and O–H groups in total. The first-order valence-corrected chi connectivity index (χ1v) is 7.06. The Kier molecular flexibility index (Phi) is 3.65. The second-order valence-electron chi connectivity index (χ2n) is 5.54. The first kappa shape index (κ1) is 14.0. The molecule has 0 bridgehead atoms. The number of methoxy groups -OCH3 is 1. The predicted molar refractivity (Wildman–Crippen MR) is 77.2 cm³/mol. The van der Waals surface area contributed by atoms with Gasteiger partial charge in [0, 0.05) is 26.4 Å². The van der Waals surface area contributed by atoms with E-state index in [-0.39, 0.29) is 5.91 Å². The molecule has 0 unspecified atom stereocenters. The molecule has 2 aromatic rings. The maximum absolute atomic E-state index is 12.6. The van der Waals surface area contributed by atoms with E-state index in [4.69, 9.17) is 4.74 Å². The number of aromatic nitrogens is 2. The molecule has 0 spiro atoms. The van der Waals surface area contributed by atoms with Crippen molar-refractivity contribution < 1.29 is 14.6 Å². The molecule has 0 saturated carbocycles. The number of carbonyl (C=O) groups is 1. The van der Waals surface area contributed by atoms with Crippen LogP contribution < -0.4 is 0 Å². The number of amides is 1. The summed E-state index contributed by atoms with van der Waals surface area (Å²) in [7, 11) is 1.58. The van der Waals surface area contributed by atoms with Gasteiger partial charge in [0.05, 0.1) is 29.5 Å². The zero-order valence-electron chi connectivity index (χ0n) is 12.0. The van der Waals surface area contributed by atoms with Gasteiger partial charge in [-0.25, -0.2) is 4.52 Å². The number of fused-ring (bicyclic) bond motifs is 1. The number of pyridine rings is 1. The fourth-order valence-corrected chi connectivity index (χ4v) is 2.81. The Hall–Kier alpha value is -1.92. The largest absolute Gasteiger partial charge is 0.387 e. The second kappa shape index (κ2) is 5.46. The highest BCUT2D eigenvalue weighted by molar-refractivity contribution is 6.00. The molecule has 0 aliphatic carbocycles. The molecule has 0 aromatic carbocycles. The molecule has 0 atom stereocenters. The lowest BCUT2D eigenvalue weighted by atomic mass is 9.92. The number of piperidine rings is 1. The Morgan fingerprint density at radius 2 is 2.19 bits per heavy atom. The molecule has 21 heavy (non-hydrogen) atoms. The van der Waals surface area contributed by atoms with Crippen molar-refractivity contribution in [2.75, 3.05) is 26.8 Å². The van der Waals surface area contributed by atoms with Crippen LogP contribution in [0.4, 0.5) is 0 Å². The number of aliphatic hydroxyl groups is 1. The van der Waals surface area contributed by atoms with E-state index in [9.17, 15) is 9.90 Å². The molecule has 0 radical (unpaired) electrons. The van der Waals surface area contributed by atoms with E-state index in [2.05, 4.69) is 5.10 Å². The van der Waals surface area contributed by atoms with Gasteiger partial charge in [0.2, 0.25) is 0 Å². The highest BCUT2D eigenvalue weighted by Gasteiger charge is 2.34. The van der Waals surface area contributed by atoms with Crippen LogP contribution in [0.25, 0.3) is 5.52 Å². The highest BCUT2D eigenvalue weighted by atomic mass is 16.5. The Morgan fingerprint density at radius 1 is 1.43 bits per heavy atom. The lowest BCUT2D eigenvalue weighted by Gasteiger charge is -2.37. The van der Waals surface area contributed by atoms with Crippen LogP contribution in [-0.4, -0.2) is 57.9 Å². The number of carbonyl (C=O) groups excluding carboxylic acids is 1. The van der Waals surface area contributed by atoms with Crippen LogP contribution in [-0.2, 0) is 4.74 Å². The molecule has 1 amide bonds. The van der Waals surface area contributed by atoms with Crippen LogP contribution in [0, 0.1) is 0 Å². The minimum atomic E-state index is -0.813. The standard InChI is InChI=1S/C15H19N3O3/c1-21-11-15(20)5-8-17(9-6-15)14(19)12-10-16-18-7-3-2-4-13(12)18/h2-4,7,10,20H,5-6,8-9,11H2,1H3. The third-order valence-electron chi connectivity index (χ3n) is 4.05. The molecule has 6 heteroatoms. The van der Waals surface area contributed by atoms with E-state index in [0.29, 0.717) is 38.1 Å². The summed E-state index contributed by atoms with van der Waals surface area (Å²) >= 11 is 0. The molecule has 3 rings (SSSR count). The van der Waals surface area contributed by atoms with E-state index >= 15 is 0 Å². The molecule has 112 valence electrons. The number of hydrogen-bond acceptors (Lipinski definition) is 4. The van der Waals surface area contributed by atoms with Crippen LogP contribution in [0.15, 0.2) is 30.6 Å². The number of hydrogen-bond donors (Lipinski definition) is 1. The van der Waals surface area contributed by atoms with Gasteiger partial charge in [-0.2, -0.15) is 5.10 Å². The van der Waals surface area contributed by atoms with Crippen molar-refractivity contribution >= 4 is 11.4 Å². The first-order valence-electron chi connectivity index (χ1n) is 7.06. The van der Waals surface area contributed by atoms with Crippen LogP contribution in [0.5, 0.6) is 0 Å². The summed E-state index contributed by atoms with van der Waals surface area (Å²) in [4.78, 5) is 14.4. The second-order valence-corrected chi connectivity index (χ2v) is 5.54. The molecule has 1 fully saturated rings. The van der Waals surface area contributed by atoms with Crippen molar-refractivity contribution in [3.63, 3.8) is 0 Å². The van der Waals surface area contributed by atoms with Gasteiger partial charge in [-0.3, -0.25) is 4.79 Å². The Labute approximate surface area is 122 Å². The topological polar surface area (TPSA) is 67.1 Å². The summed E-state index contributed by atoms with van der Waals surface area (Å²) in [6.07, 6.45) is 4.49. The van der Waals surface area contributed by atoms with Crippen LogP contribution in [0.1, 0.15) is 23.2 Å². The van der Waals surface area contributed by atoms with Crippen LogP contribution in [0.2, 0.25) is 0 Å². The summed E-state index contributed by atoms with van der Waals surface area (Å²) in [5.74, 6) is -0.0318. The van der Waals surface area contributed by atoms with E-state index < -0.39 is 5.60 Å². The quantitative estimate of drug-likeness (QED) is 0.913. The Bertz CT molecular complexity index is 644. The summed E-state index contributed by atoms with van der Waals surface area (Å²) in [5, 5.41) is 14.5. The molecule has 2 aromatic heterocycles. The van der Waals surface area contributed by atoms with Crippen molar-refractivity contribution in [1.82, 2.24) is 14.5 Å². The smallest absolute Gasteiger partial charge is 0.257 e. The molecule has 6 nitrogen and oxygen atoms in total. The van der Waals surface area contributed by atoms with Gasteiger partial charge in [0.15, 0.2) is 0 Å². The predicted octanol–water partition coefficient (Wildman–Crippen LogP) is 0.948. The van der Waals surface area contributed by atoms with Crippen molar-refractivity contribution in [3.8, 4) is 0 Å². The highest BCUT2D eigenvalue weighted by Crippen LogP contribution is 2.24. The van der Waals surface area contributed by atoms with Gasteiger partial charge in [-0.15, -0.1) is 0 Å². The minimum absolute atomic E-state index is 0.0318. The molecule has 3 heterocycles. The summed E-state index contributed by atoms with van der Waals surface area (Å²) in [5.41, 5.74) is 0.597. The van der Waals surface area contributed by atoms with Crippen LogP contribution in [0.3, 0.4) is 0 Å². The number of likely N-dealkylation sites (tertiary alicyclic amines) is 1. The summed E-state index contributed by atoms with van der Waals surface area (Å²) < 4.78 is 6.74. The number of rotatable bonds is 3. The van der Waals surface area contributed by atoms with Gasteiger partial charge in [-0.05, 0) is 25.0 Å². The van der Waals surface area contributed by atoms with E-state index in [1.807, 2.05) is 24.4 Å². The fourth-order valence-electron chi connectivity index (χ4n) is 2.81. The molecule has 1 saturated heterocycles. The van der Waals surface area contributed by atoms with Gasteiger partial charge in [-0.1, -0.05) is 6.07 Å². The maximum atomic E-state index is 12.6. The maximum Gasteiger partial charge on any atom is 0.257 e. The van der Waals surface area contributed by atoms with Gasteiger partial charge >= 0.3 is 0 Å². The number of nitrogens with zero attached hydrogens (tertiary/aromatic N) is 3. The molecule has 1 aliphatic rings. The normalized spacial score (nSPS) is 18.1. The average Bonchev–Trinajstić information content (AvgIpc) is 2.91. The molecule has 1 aliphatic heterocycles. The Morgan fingerprint density at radius 3 is 2.90 bits per heavy atom.